The van der Waals surface area contributed by atoms with E-state index in [2.05, 4.69) is 30.9 Å². The zero-order valence-electron chi connectivity index (χ0n) is 16.2. The fourth-order valence-electron chi connectivity index (χ4n) is 3.90. The topological polar surface area (TPSA) is 36.4 Å². The van der Waals surface area contributed by atoms with E-state index < -0.39 is 0 Å². The van der Waals surface area contributed by atoms with Crippen molar-refractivity contribution >= 4 is 65.6 Å². The number of carbonyl (C=O) groups excluding carboxylic acids is 1. The maximum absolute atomic E-state index is 13.1. The van der Waals surface area contributed by atoms with Gasteiger partial charge in [-0.1, -0.05) is 47.2 Å². The Bertz CT molecular complexity index is 1240. The van der Waals surface area contributed by atoms with Crippen LogP contribution in [0.4, 0.5) is 5.13 Å². The molecule has 2 aromatic heterocycles. The number of halogens is 1. The number of thiophene rings is 1. The van der Waals surface area contributed by atoms with Crippen molar-refractivity contribution in [1.82, 2.24) is 9.88 Å². The molecule has 2 aromatic carbocycles. The molecule has 0 radical (unpaired) electrons. The van der Waals surface area contributed by atoms with Crippen molar-refractivity contribution in [3.63, 3.8) is 0 Å². The smallest absolute Gasteiger partial charge is 0.265 e. The number of hydrogen-bond donors (Lipinski definition) is 0. The van der Waals surface area contributed by atoms with E-state index in [1.807, 2.05) is 29.2 Å². The zero-order valence-corrected chi connectivity index (χ0v) is 18.6. The standard InChI is InChI=1S/C22H20ClN3OS2/c1-13-11-14(2)19-16(12-13)24-22(29-19)26-9-7-25(8-10-26)21(27)20-18(23)15-5-3-4-6-17(15)28-20/h3-6,11-12H,7-10H2,1-2H3. The van der Waals surface area contributed by atoms with Gasteiger partial charge in [0, 0.05) is 36.3 Å². The Balaban J connectivity index is 1.34. The lowest BCUT2D eigenvalue weighted by Gasteiger charge is -2.34. The number of amides is 1. The van der Waals surface area contributed by atoms with Gasteiger partial charge in [-0.05, 0) is 37.1 Å². The summed E-state index contributed by atoms with van der Waals surface area (Å²) in [6, 6.07) is 12.3. The number of fused-ring (bicyclic) bond motifs is 2. The number of rotatable bonds is 2. The van der Waals surface area contributed by atoms with Crippen molar-refractivity contribution < 1.29 is 4.79 Å². The van der Waals surface area contributed by atoms with Crippen LogP contribution < -0.4 is 4.90 Å². The lowest BCUT2D eigenvalue weighted by atomic mass is 10.1. The first-order valence-electron chi connectivity index (χ1n) is 9.60. The van der Waals surface area contributed by atoms with Crippen LogP contribution in [0, 0.1) is 13.8 Å². The Morgan fingerprint density at radius 2 is 1.83 bits per heavy atom. The minimum atomic E-state index is 0.0339. The number of piperazine rings is 1. The van der Waals surface area contributed by atoms with Crippen molar-refractivity contribution in [2.75, 3.05) is 31.1 Å². The Labute approximate surface area is 182 Å². The molecule has 1 fully saturated rings. The summed E-state index contributed by atoms with van der Waals surface area (Å²) in [6.45, 7) is 7.17. The van der Waals surface area contributed by atoms with Crippen LogP contribution in [0.3, 0.4) is 0 Å². The molecule has 0 unspecified atom stereocenters. The van der Waals surface area contributed by atoms with Gasteiger partial charge in [0.2, 0.25) is 0 Å². The molecule has 5 rings (SSSR count). The SMILES string of the molecule is Cc1cc(C)c2sc(N3CCN(C(=O)c4sc5ccccc5c4Cl)CC3)nc2c1. The molecule has 1 saturated heterocycles. The minimum absolute atomic E-state index is 0.0339. The molecule has 0 atom stereocenters. The first-order valence-corrected chi connectivity index (χ1v) is 11.6. The van der Waals surface area contributed by atoms with Gasteiger partial charge in [0.1, 0.15) is 4.88 Å². The zero-order chi connectivity index (χ0) is 20.1. The van der Waals surface area contributed by atoms with Crippen LogP contribution in [-0.2, 0) is 0 Å². The van der Waals surface area contributed by atoms with E-state index in [9.17, 15) is 4.79 Å². The van der Waals surface area contributed by atoms with E-state index in [1.165, 1.54) is 27.2 Å². The fraction of sp³-hybridized carbons (Fsp3) is 0.273. The first kappa shape index (κ1) is 18.9. The summed E-state index contributed by atoms with van der Waals surface area (Å²) in [5.41, 5.74) is 3.58. The molecule has 0 spiro atoms. The number of benzene rings is 2. The van der Waals surface area contributed by atoms with E-state index in [0.717, 1.165) is 33.8 Å². The van der Waals surface area contributed by atoms with Crippen molar-refractivity contribution in [3.05, 3.63) is 57.4 Å². The van der Waals surface area contributed by atoms with Crippen molar-refractivity contribution in [3.8, 4) is 0 Å². The van der Waals surface area contributed by atoms with Gasteiger partial charge >= 0.3 is 0 Å². The summed E-state index contributed by atoms with van der Waals surface area (Å²) in [5.74, 6) is 0.0339. The maximum Gasteiger partial charge on any atom is 0.265 e. The molecule has 29 heavy (non-hydrogen) atoms. The van der Waals surface area contributed by atoms with Crippen molar-refractivity contribution in [2.24, 2.45) is 0 Å². The predicted molar refractivity (Wildman–Crippen MR) is 124 cm³/mol. The van der Waals surface area contributed by atoms with E-state index in [1.54, 1.807) is 11.3 Å². The molecule has 4 aromatic rings. The average molecular weight is 442 g/mol. The number of hydrogen-bond acceptors (Lipinski definition) is 5. The molecule has 7 heteroatoms. The van der Waals surface area contributed by atoms with Crippen LogP contribution in [0.15, 0.2) is 36.4 Å². The quantitative estimate of drug-likeness (QED) is 0.397. The Morgan fingerprint density at radius 1 is 1.07 bits per heavy atom. The van der Waals surface area contributed by atoms with E-state index in [0.29, 0.717) is 23.0 Å². The van der Waals surface area contributed by atoms with Gasteiger partial charge in [-0.3, -0.25) is 4.79 Å². The van der Waals surface area contributed by atoms with Crippen LogP contribution in [-0.4, -0.2) is 42.0 Å². The highest BCUT2D eigenvalue weighted by Crippen LogP contribution is 2.36. The molecule has 0 aliphatic carbocycles. The summed E-state index contributed by atoms with van der Waals surface area (Å²) in [7, 11) is 0. The largest absolute Gasteiger partial charge is 0.345 e. The summed E-state index contributed by atoms with van der Waals surface area (Å²) >= 11 is 9.74. The van der Waals surface area contributed by atoms with Gasteiger partial charge in [0.05, 0.1) is 15.2 Å². The van der Waals surface area contributed by atoms with Crippen molar-refractivity contribution in [1.29, 1.82) is 0 Å². The van der Waals surface area contributed by atoms with Gasteiger partial charge < -0.3 is 9.80 Å². The van der Waals surface area contributed by atoms with Crippen LogP contribution in [0.25, 0.3) is 20.3 Å². The molecule has 1 amide bonds. The van der Waals surface area contributed by atoms with Crippen LogP contribution in [0.5, 0.6) is 0 Å². The molecule has 148 valence electrons. The highest BCUT2D eigenvalue weighted by molar-refractivity contribution is 7.22. The molecular formula is C22H20ClN3OS2. The number of anilines is 1. The van der Waals surface area contributed by atoms with Gasteiger partial charge in [-0.15, -0.1) is 11.3 Å². The second-order valence-electron chi connectivity index (χ2n) is 7.45. The second-order valence-corrected chi connectivity index (χ2v) is 9.85. The molecule has 0 saturated carbocycles. The average Bonchev–Trinajstić information content (AvgIpc) is 3.30. The molecule has 4 nitrogen and oxygen atoms in total. The lowest BCUT2D eigenvalue weighted by Crippen LogP contribution is -2.48. The van der Waals surface area contributed by atoms with Crippen molar-refractivity contribution in [2.45, 2.75) is 13.8 Å². The highest BCUT2D eigenvalue weighted by atomic mass is 35.5. The maximum atomic E-state index is 13.1. The Kier molecular flexibility index (Phi) is 4.73. The van der Waals surface area contributed by atoms with Gasteiger partial charge in [-0.2, -0.15) is 0 Å². The first-order chi connectivity index (χ1) is 14.0. The summed E-state index contributed by atoms with van der Waals surface area (Å²) in [6.07, 6.45) is 0. The number of aromatic nitrogens is 1. The summed E-state index contributed by atoms with van der Waals surface area (Å²) in [4.78, 5) is 22.8. The number of carbonyl (C=O) groups is 1. The van der Waals surface area contributed by atoms with E-state index in [-0.39, 0.29) is 5.91 Å². The highest BCUT2D eigenvalue weighted by Gasteiger charge is 2.27. The third-order valence-corrected chi connectivity index (χ3v) is 8.31. The van der Waals surface area contributed by atoms with Gasteiger partial charge in [0.15, 0.2) is 5.13 Å². The third-order valence-electron chi connectivity index (χ3n) is 5.38. The molecule has 1 aliphatic heterocycles. The van der Waals surface area contributed by atoms with Crippen LogP contribution in [0.1, 0.15) is 20.8 Å². The van der Waals surface area contributed by atoms with Gasteiger partial charge in [0.25, 0.3) is 5.91 Å². The monoisotopic (exact) mass is 441 g/mol. The van der Waals surface area contributed by atoms with Gasteiger partial charge in [-0.25, -0.2) is 4.98 Å². The number of nitrogens with zero attached hydrogens (tertiary/aromatic N) is 3. The Hall–Kier alpha value is -2.15. The van der Waals surface area contributed by atoms with E-state index >= 15 is 0 Å². The molecule has 1 aliphatic rings. The molecule has 3 heterocycles. The van der Waals surface area contributed by atoms with Crippen LogP contribution >= 0.6 is 34.3 Å². The second kappa shape index (κ2) is 7.27. The normalized spacial score (nSPS) is 14.9. The molecular weight excluding hydrogens is 422 g/mol. The fourth-order valence-corrected chi connectivity index (χ4v) is 6.44. The predicted octanol–water partition coefficient (Wildman–Crippen LogP) is 5.74. The third kappa shape index (κ3) is 3.29. The number of thiazole rings is 1. The number of aryl methyl sites for hydroxylation is 2. The molecule has 0 bridgehead atoms. The van der Waals surface area contributed by atoms with Crippen LogP contribution in [0.2, 0.25) is 5.02 Å². The summed E-state index contributed by atoms with van der Waals surface area (Å²) < 4.78 is 2.31. The molecule has 0 N–H and O–H groups in total. The lowest BCUT2D eigenvalue weighted by molar-refractivity contribution is 0.0752. The van der Waals surface area contributed by atoms with E-state index in [4.69, 9.17) is 16.6 Å². The minimum Gasteiger partial charge on any atom is -0.345 e. The Morgan fingerprint density at radius 3 is 2.59 bits per heavy atom. The summed E-state index contributed by atoms with van der Waals surface area (Å²) in [5, 5.41) is 2.58.